The van der Waals surface area contributed by atoms with Gasteiger partial charge in [-0.2, -0.15) is 0 Å². The Morgan fingerprint density at radius 2 is 1.56 bits per heavy atom. The standard InChI is InChI=1S/C29H22FN3O3/c1-36-21-16-14-20(15-17-21)33-27(34)22-9-3-6-12-25(22)31-29(33)23-10-4-7-13-26(23)32(28(29)35)18-19-8-2-5-11-24(19)30/h2-17,31H,18H2,1H3. The molecule has 2 heterocycles. The van der Waals surface area contributed by atoms with Crippen molar-refractivity contribution >= 4 is 28.9 Å². The molecule has 1 N–H and O–H groups in total. The van der Waals surface area contributed by atoms with E-state index < -0.39 is 11.5 Å². The van der Waals surface area contributed by atoms with E-state index in [1.54, 1.807) is 72.7 Å². The predicted octanol–water partition coefficient (Wildman–Crippen LogP) is 5.31. The van der Waals surface area contributed by atoms with E-state index in [0.717, 1.165) is 0 Å². The van der Waals surface area contributed by atoms with Gasteiger partial charge in [-0.25, -0.2) is 4.39 Å². The molecule has 0 fully saturated rings. The Hall–Kier alpha value is -4.65. The van der Waals surface area contributed by atoms with Crippen molar-refractivity contribution in [1.29, 1.82) is 0 Å². The third-order valence-corrected chi connectivity index (χ3v) is 6.77. The van der Waals surface area contributed by atoms with Crippen LogP contribution in [0.3, 0.4) is 0 Å². The number of carbonyl (C=O) groups excluding carboxylic acids is 2. The maximum Gasteiger partial charge on any atom is 0.279 e. The van der Waals surface area contributed by atoms with Crippen molar-refractivity contribution in [2.75, 3.05) is 22.2 Å². The molecule has 6 nitrogen and oxygen atoms in total. The lowest BCUT2D eigenvalue weighted by Crippen LogP contribution is -2.63. The van der Waals surface area contributed by atoms with E-state index in [0.29, 0.717) is 39.5 Å². The Morgan fingerprint density at radius 1 is 0.861 bits per heavy atom. The number of rotatable bonds is 4. The smallest absolute Gasteiger partial charge is 0.279 e. The largest absolute Gasteiger partial charge is 0.497 e. The van der Waals surface area contributed by atoms with Gasteiger partial charge in [0, 0.05) is 22.5 Å². The maximum atomic E-state index is 14.6. The molecule has 0 saturated carbocycles. The molecule has 1 spiro atoms. The molecule has 1 atom stereocenters. The van der Waals surface area contributed by atoms with Gasteiger partial charge in [0.05, 0.1) is 24.9 Å². The van der Waals surface area contributed by atoms with Gasteiger partial charge >= 0.3 is 0 Å². The van der Waals surface area contributed by atoms with Crippen LogP contribution in [0.1, 0.15) is 21.5 Å². The topological polar surface area (TPSA) is 61.9 Å². The van der Waals surface area contributed by atoms with Crippen LogP contribution >= 0.6 is 0 Å². The fraction of sp³-hybridized carbons (Fsp3) is 0.103. The summed E-state index contributed by atoms with van der Waals surface area (Å²) in [6, 6.07) is 27.8. The van der Waals surface area contributed by atoms with Gasteiger partial charge in [0.2, 0.25) is 5.66 Å². The fourth-order valence-electron chi connectivity index (χ4n) is 5.07. The molecule has 178 valence electrons. The highest BCUT2D eigenvalue weighted by atomic mass is 19.1. The summed E-state index contributed by atoms with van der Waals surface area (Å²) in [5, 5.41) is 3.41. The normalized spacial score (nSPS) is 18.2. The van der Waals surface area contributed by atoms with Crippen LogP contribution in [0.2, 0.25) is 0 Å². The fourth-order valence-corrected chi connectivity index (χ4v) is 5.07. The third-order valence-electron chi connectivity index (χ3n) is 6.77. The molecule has 0 aliphatic carbocycles. The number of amides is 2. The van der Waals surface area contributed by atoms with Crippen molar-refractivity contribution in [2.45, 2.75) is 12.2 Å². The van der Waals surface area contributed by atoms with E-state index >= 15 is 0 Å². The van der Waals surface area contributed by atoms with Crippen LogP contribution in [-0.4, -0.2) is 18.9 Å². The number of carbonyl (C=O) groups is 2. The van der Waals surface area contributed by atoms with E-state index in [9.17, 15) is 14.0 Å². The highest BCUT2D eigenvalue weighted by molar-refractivity contribution is 6.22. The van der Waals surface area contributed by atoms with Gasteiger partial charge in [-0.05, 0) is 48.5 Å². The average Bonchev–Trinajstić information content (AvgIpc) is 3.13. The van der Waals surface area contributed by atoms with Gasteiger partial charge in [-0.15, -0.1) is 0 Å². The second-order valence-corrected chi connectivity index (χ2v) is 8.72. The number of ether oxygens (including phenoxy) is 1. The van der Waals surface area contributed by atoms with E-state index in [-0.39, 0.29) is 18.4 Å². The molecule has 2 aliphatic heterocycles. The molecule has 0 bridgehead atoms. The van der Waals surface area contributed by atoms with Gasteiger partial charge in [0.25, 0.3) is 11.8 Å². The lowest BCUT2D eigenvalue weighted by Gasteiger charge is -2.45. The lowest BCUT2D eigenvalue weighted by atomic mass is 9.92. The Balaban J connectivity index is 1.57. The third kappa shape index (κ3) is 3.09. The highest BCUT2D eigenvalue weighted by Crippen LogP contribution is 2.50. The zero-order valence-electron chi connectivity index (χ0n) is 19.4. The molecule has 1 unspecified atom stereocenters. The minimum absolute atomic E-state index is 0.0260. The van der Waals surface area contributed by atoms with Crippen molar-refractivity contribution in [1.82, 2.24) is 0 Å². The van der Waals surface area contributed by atoms with Crippen LogP contribution in [0.25, 0.3) is 0 Å². The average molecular weight is 480 g/mol. The van der Waals surface area contributed by atoms with Crippen molar-refractivity contribution in [3.8, 4) is 5.75 Å². The van der Waals surface area contributed by atoms with Crippen LogP contribution in [0.5, 0.6) is 5.75 Å². The van der Waals surface area contributed by atoms with E-state index in [2.05, 4.69) is 5.32 Å². The summed E-state index contributed by atoms with van der Waals surface area (Å²) in [6.07, 6.45) is 0. The van der Waals surface area contributed by atoms with Gasteiger partial charge in [-0.1, -0.05) is 48.5 Å². The number of benzene rings is 4. The van der Waals surface area contributed by atoms with Crippen LogP contribution in [0.4, 0.5) is 21.5 Å². The Bertz CT molecular complexity index is 1500. The second-order valence-electron chi connectivity index (χ2n) is 8.72. The molecule has 4 aromatic carbocycles. The highest BCUT2D eigenvalue weighted by Gasteiger charge is 2.59. The number of nitrogens with zero attached hydrogens (tertiary/aromatic N) is 2. The Kier molecular flexibility index (Phi) is 5.00. The van der Waals surface area contributed by atoms with Gasteiger partial charge in [0.1, 0.15) is 11.6 Å². The number of halogens is 1. The van der Waals surface area contributed by atoms with Crippen LogP contribution < -0.4 is 19.9 Å². The molecule has 0 radical (unpaired) electrons. The lowest BCUT2D eigenvalue weighted by molar-refractivity contribution is -0.122. The van der Waals surface area contributed by atoms with Gasteiger partial charge in [0.15, 0.2) is 0 Å². The van der Waals surface area contributed by atoms with E-state index in [4.69, 9.17) is 4.74 Å². The molecular weight excluding hydrogens is 457 g/mol. The Morgan fingerprint density at radius 3 is 2.33 bits per heavy atom. The Labute approximate surface area is 207 Å². The van der Waals surface area contributed by atoms with Crippen LogP contribution in [0.15, 0.2) is 97.1 Å². The quantitative estimate of drug-likeness (QED) is 0.431. The summed E-state index contributed by atoms with van der Waals surface area (Å²) < 4.78 is 19.9. The minimum atomic E-state index is -1.55. The zero-order chi connectivity index (χ0) is 24.9. The van der Waals surface area contributed by atoms with Crippen LogP contribution in [0, 0.1) is 5.82 Å². The molecule has 36 heavy (non-hydrogen) atoms. The zero-order valence-corrected chi connectivity index (χ0v) is 19.4. The number of anilines is 3. The number of para-hydroxylation sites is 2. The van der Waals surface area contributed by atoms with Crippen molar-refractivity contribution < 1.29 is 18.7 Å². The summed E-state index contributed by atoms with van der Waals surface area (Å²) >= 11 is 0. The summed E-state index contributed by atoms with van der Waals surface area (Å²) in [4.78, 5) is 31.5. The first kappa shape index (κ1) is 21.9. The molecule has 0 aromatic heterocycles. The second kappa shape index (κ2) is 8.23. The van der Waals surface area contributed by atoms with Gasteiger partial charge < -0.3 is 15.0 Å². The number of nitrogens with one attached hydrogen (secondary N) is 1. The summed E-state index contributed by atoms with van der Waals surface area (Å²) in [7, 11) is 1.57. The first-order valence-electron chi connectivity index (χ1n) is 11.6. The summed E-state index contributed by atoms with van der Waals surface area (Å²) in [5.41, 5.74) is 1.60. The molecule has 4 aromatic rings. The summed E-state index contributed by atoms with van der Waals surface area (Å²) in [6.45, 7) is 0.0260. The molecule has 6 rings (SSSR count). The first-order chi connectivity index (χ1) is 17.5. The monoisotopic (exact) mass is 479 g/mol. The van der Waals surface area contributed by atoms with E-state index in [1.807, 2.05) is 30.3 Å². The number of hydrogen-bond donors (Lipinski definition) is 1. The van der Waals surface area contributed by atoms with Crippen molar-refractivity contribution in [3.05, 3.63) is 120 Å². The molecule has 2 aliphatic rings. The van der Waals surface area contributed by atoms with Crippen LogP contribution in [-0.2, 0) is 17.0 Å². The predicted molar refractivity (Wildman–Crippen MR) is 136 cm³/mol. The van der Waals surface area contributed by atoms with Gasteiger partial charge in [-0.3, -0.25) is 14.5 Å². The van der Waals surface area contributed by atoms with Crippen molar-refractivity contribution in [2.24, 2.45) is 0 Å². The first-order valence-corrected chi connectivity index (χ1v) is 11.6. The number of hydrogen-bond acceptors (Lipinski definition) is 4. The minimum Gasteiger partial charge on any atom is -0.497 e. The van der Waals surface area contributed by atoms with Crippen molar-refractivity contribution in [3.63, 3.8) is 0 Å². The maximum absolute atomic E-state index is 14.6. The number of fused-ring (bicyclic) bond motifs is 3. The molecule has 7 heteroatoms. The molecule has 0 saturated heterocycles. The SMILES string of the molecule is COc1ccc(N2C(=O)c3ccccc3NC23C(=O)N(Cc2ccccc2F)c2ccccc23)cc1. The molecule has 2 amide bonds. The summed E-state index contributed by atoms with van der Waals surface area (Å²) in [5.74, 6) is -0.449. The van der Waals surface area contributed by atoms with E-state index in [1.165, 1.54) is 11.0 Å². The molecular formula is C29H22FN3O3. The number of methoxy groups -OCH3 is 1.